The first-order chi connectivity index (χ1) is 6.68. The molecule has 0 aliphatic carbocycles. The van der Waals surface area contributed by atoms with Crippen LogP contribution < -0.4 is 10.6 Å². The van der Waals surface area contributed by atoms with Crippen LogP contribution >= 0.6 is 0 Å². The molecule has 1 fully saturated rings. The summed E-state index contributed by atoms with van der Waals surface area (Å²) >= 11 is 0. The van der Waals surface area contributed by atoms with Crippen molar-refractivity contribution >= 4 is 5.91 Å². The van der Waals surface area contributed by atoms with Gasteiger partial charge in [-0.1, -0.05) is 6.07 Å². The summed E-state index contributed by atoms with van der Waals surface area (Å²) in [5.41, 5.74) is 1.98. The summed E-state index contributed by atoms with van der Waals surface area (Å²) in [6.45, 7) is 3.78. The molecule has 0 bridgehead atoms. The Morgan fingerprint density at radius 1 is 1.50 bits per heavy atom. The van der Waals surface area contributed by atoms with E-state index >= 15 is 0 Å². The zero-order valence-corrected chi connectivity index (χ0v) is 8.24. The molecular formula is C10H13N3O. The van der Waals surface area contributed by atoms with E-state index < -0.39 is 0 Å². The van der Waals surface area contributed by atoms with E-state index in [-0.39, 0.29) is 18.1 Å². The number of carbonyl (C=O) groups is 1. The van der Waals surface area contributed by atoms with E-state index in [1.54, 1.807) is 6.20 Å². The van der Waals surface area contributed by atoms with Gasteiger partial charge in [0.1, 0.15) is 6.17 Å². The largest absolute Gasteiger partial charge is 0.335 e. The van der Waals surface area contributed by atoms with Gasteiger partial charge in [-0.25, -0.2) is 0 Å². The van der Waals surface area contributed by atoms with Crippen molar-refractivity contribution < 1.29 is 4.79 Å². The van der Waals surface area contributed by atoms with Crippen LogP contribution in [0.4, 0.5) is 0 Å². The molecule has 1 aliphatic heterocycles. The van der Waals surface area contributed by atoms with Crippen LogP contribution in [0.2, 0.25) is 0 Å². The predicted molar refractivity (Wildman–Crippen MR) is 52.5 cm³/mol. The molecule has 0 saturated carbocycles. The molecule has 1 aromatic rings. The number of nitrogens with zero attached hydrogens (tertiary/aromatic N) is 1. The van der Waals surface area contributed by atoms with Crippen molar-refractivity contribution in [3.8, 4) is 0 Å². The molecular weight excluding hydrogens is 178 g/mol. The second kappa shape index (κ2) is 3.38. The minimum atomic E-state index is -0.125. The van der Waals surface area contributed by atoms with Gasteiger partial charge in [-0.2, -0.15) is 0 Å². The maximum absolute atomic E-state index is 11.3. The summed E-state index contributed by atoms with van der Waals surface area (Å²) in [6, 6.07) is 3.72. The van der Waals surface area contributed by atoms with E-state index in [4.69, 9.17) is 0 Å². The second-order valence-corrected chi connectivity index (χ2v) is 3.51. The van der Waals surface area contributed by atoms with Crippen LogP contribution in [0.15, 0.2) is 18.3 Å². The zero-order valence-electron chi connectivity index (χ0n) is 8.24. The normalized spacial score (nSPS) is 26.3. The molecule has 14 heavy (non-hydrogen) atoms. The third-order valence-corrected chi connectivity index (χ3v) is 2.46. The van der Waals surface area contributed by atoms with E-state index in [1.165, 1.54) is 0 Å². The molecule has 0 spiro atoms. The number of amides is 1. The number of hydrogen-bond acceptors (Lipinski definition) is 3. The highest BCUT2D eigenvalue weighted by Crippen LogP contribution is 2.17. The molecule has 0 radical (unpaired) electrons. The van der Waals surface area contributed by atoms with Crippen LogP contribution in [-0.2, 0) is 4.79 Å². The van der Waals surface area contributed by atoms with Crippen LogP contribution in [0.5, 0.6) is 0 Å². The van der Waals surface area contributed by atoms with Crippen molar-refractivity contribution in [1.82, 2.24) is 15.6 Å². The van der Waals surface area contributed by atoms with Crippen LogP contribution in [0.3, 0.4) is 0 Å². The fourth-order valence-electron chi connectivity index (χ4n) is 1.60. The van der Waals surface area contributed by atoms with Gasteiger partial charge >= 0.3 is 0 Å². The molecule has 0 aromatic carbocycles. The summed E-state index contributed by atoms with van der Waals surface area (Å²) in [4.78, 5) is 15.5. The van der Waals surface area contributed by atoms with Crippen LogP contribution in [-0.4, -0.2) is 16.9 Å². The maximum Gasteiger partial charge on any atom is 0.238 e. The maximum atomic E-state index is 11.3. The summed E-state index contributed by atoms with van der Waals surface area (Å²) in [5, 5.41) is 6.03. The third kappa shape index (κ3) is 1.48. The Morgan fingerprint density at radius 2 is 2.29 bits per heavy atom. The lowest BCUT2D eigenvalue weighted by Crippen LogP contribution is -2.25. The van der Waals surface area contributed by atoms with Crippen molar-refractivity contribution in [2.45, 2.75) is 26.1 Å². The summed E-state index contributed by atoms with van der Waals surface area (Å²) in [6.07, 6.45) is 1.66. The van der Waals surface area contributed by atoms with Gasteiger partial charge in [-0.05, 0) is 19.9 Å². The van der Waals surface area contributed by atoms with E-state index in [1.807, 2.05) is 26.0 Å². The van der Waals surface area contributed by atoms with Crippen molar-refractivity contribution in [2.75, 3.05) is 0 Å². The monoisotopic (exact) mass is 191 g/mol. The Balaban J connectivity index is 2.25. The lowest BCUT2D eigenvalue weighted by molar-refractivity contribution is -0.120. The van der Waals surface area contributed by atoms with E-state index in [0.29, 0.717) is 0 Å². The predicted octanol–water partition coefficient (Wildman–Crippen LogP) is 0.497. The van der Waals surface area contributed by atoms with Crippen molar-refractivity contribution in [2.24, 2.45) is 0 Å². The van der Waals surface area contributed by atoms with Crippen LogP contribution in [0.25, 0.3) is 0 Å². The summed E-state index contributed by atoms with van der Waals surface area (Å²) in [7, 11) is 0. The third-order valence-electron chi connectivity index (χ3n) is 2.46. The van der Waals surface area contributed by atoms with Gasteiger partial charge in [0.2, 0.25) is 5.91 Å². The highest BCUT2D eigenvalue weighted by Gasteiger charge is 2.29. The van der Waals surface area contributed by atoms with Crippen LogP contribution in [0.1, 0.15) is 24.3 Å². The lowest BCUT2D eigenvalue weighted by Gasteiger charge is -2.12. The standard InChI is InChI=1S/C10H13N3O/c1-6-8(4-3-5-11-6)9-12-7(2)10(14)13-9/h3-5,7,9,12H,1-2H3,(H,13,14). The minimum absolute atomic E-state index is 0.0400. The number of carbonyl (C=O) groups excluding carboxylic acids is 1. The number of aryl methyl sites for hydroxylation is 1. The Bertz CT molecular complexity index is 364. The SMILES string of the molecule is Cc1ncccc1C1NC(=O)C(C)N1. The molecule has 1 aromatic heterocycles. The number of aromatic nitrogens is 1. The van der Waals surface area contributed by atoms with Crippen molar-refractivity contribution in [1.29, 1.82) is 0 Å². The lowest BCUT2D eigenvalue weighted by atomic mass is 10.1. The summed E-state index contributed by atoms with van der Waals surface area (Å²) in [5.74, 6) is 0.0400. The van der Waals surface area contributed by atoms with Crippen molar-refractivity contribution in [3.05, 3.63) is 29.6 Å². The first kappa shape index (κ1) is 9.15. The average Bonchev–Trinajstić information content (AvgIpc) is 2.48. The second-order valence-electron chi connectivity index (χ2n) is 3.51. The molecule has 4 nitrogen and oxygen atoms in total. The van der Waals surface area contributed by atoms with E-state index in [2.05, 4.69) is 15.6 Å². The highest BCUT2D eigenvalue weighted by atomic mass is 16.2. The molecule has 2 unspecified atom stereocenters. The smallest absolute Gasteiger partial charge is 0.238 e. The van der Waals surface area contributed by atoms with Gasteiger partial charge < -0.3 is 5.32 Å². The average molecular weight is 191 g/mol. The first-order valence-electron chi connectivity index (χ1n) is 4.66. The molecule has 1 saturated heterocycles. The zero-order chi connectivity index (χ0) is 10.1. The topological polar surface area (TPSA) is 54.0 Å². The fraction of sp³-hybridized carbons (Fsp3) is 0.400. The number of pyridine rings is 1. The summed E-state index contributed by atoms with van der Waals surface area (Å²) < 4.78 is 0. The quantitative estimate of drug-likeness (QED) is 0.679. The van der Waals surface area contributed by atoms with Crippen molar-refractivity contribution in [3.63, 3.8) is 0 Å². The van der Waals surface area contributed by atoms with Gasteiger partial charge in [0.25, 0.3) is 0 Å². The fourth-order valence-corrected chi connectivity index (χ4v) is 1.60. The Kier molecular flexibility index (Phi) is 2.21. The van der Waals surface area contributed by atoms with Gasteiger partial charge in [0.05, 0.1) is 6.04 Å². The Hall–Kier alpha value is -1.42. The Labute approximate surface area is 82.7 Å². The minimum Gasteiger partial charge on any atom is -0.335 e. The number of hydrogen-bond donors (Lipinski definition) is 2. The molecule has 1 aliphatic rings. The van der Waals surface area contributed by atoms with Gasteiger partial charge in [-0.15, -0.1) is 0 Å². The molecule has 2 rings (SSSR count). The number of rotatable bonds is 1. The first-order valence-corrected chi connectivity index (χ1v) is 4.66. The number of nitrogens with one attached hydrogen (secondary N) is 2. The molecule has 2 atom stereocenters. The van der Waals surface area contributed by atoms with Crippen LogP contribution in [0, 0.1) is 6.92 Å². The molecule has 1 amide bonds. The molecule has 4 heteroatoms. The van der Waals surface area contributed by atoms with Gasteiger partial charge in [0, 0.05) is 17.5 Å². The highest BCUT2D eigenvalue weighted by molar-refractivity contribution is 5.83. The molecule has 74 valence electrons. The molecule has 2 heterocycles. The van der Waals surface area contributed by atoms with E-state index in [0.717, 1.165) is 11.3 Å². The van der Waals surface area contributed by atoms with E-state index in [9.17, 15) is 4.79 Å². The molecule has 2 N–H and O–H groups in total. The van der Waals surface area contributed by atoms with Gasteiger partial charge in [0.15, 0.2) is 0 Å². The van der Waals surface area contributed by atoms with Gasteiger partial charge in [-0.3, -0.25) is 15.1 Å². The Morgan fingerprint density at radius 3 is 2.86 bits per heavy atom.